The summed E-state index contributed by atoms with van der Waals surface area (Å²) in [6, 6.07) is 4.14. The van der Waals surface area contributed by atoms with Crippen LogP contribution in [0.3, 0.4) is 0 Å². The van der Waals surface area contributed by atoms with E-state index in [1.165, 1.54) is 24.1 Å². The molecule has 2 heterocycles. The van der Waals surface area contributed by atoms with E-state index in [1.54, 1.807) is 0 Å². The van der Waals surface area contributed by atoms with Gasteiger partial charge in [-0.15, -0.1) is 0 Å². The van der Waals surface area contributed by atoms with Crippen molar-refractivity contribution >= 4 is 5.69 Å². The van der Waals surface area contributed by atoms with Crippen LogP contribution in [0.5, 0.6) is 5.75 Å². The van der Waals surface area contributed by atoms with Gasteiger partial charge in [0.05, 0.1) is 0 Å². The van der Waals surface area contributed by atoms with E-state index in [0.29, 0.717) is 5.75 Å². The second-order valence-corrected chi connectivity index (χ2v) is 4.40. The molecule has 0 atom stereocenters. The lowest BCUT2D eigenvalue weighted by Crippen LogP contribution is -2.17. The van der Waals surface area contributed by atoms with E-state index >= 15 is 0 Å². The molecule has 0 aromatic heterocycles. The van der Waals surface area contributed by atoms with E-state index in [4.69, 9.17) is 0 Å². The number of phenols is 1. The van der Waals surface area contributed by atoms with E-state index in [1.807, 2.05) is 6.07 Å². The first kappa shape index (κ1) is 9.04. The van der Waals surface area contributed by atoms with E-state index < -0.39 is 0 Å². The number of benzene rings is 1. The number of rotatable bonds is 1. The molecule has 2 aliphatic heterocycles. The Hall–Kier alpha value is -1.22. The van der Waals surface area contributed by atoms with E-state index in [-0.39, 0.29) is 0 Å². The third kappa shape index (κ3) is 1.47. The Kier molecular flexibility index (Phi) is 2.06. The number of aromatic hydroxyl groups is 1. The lowest BCUT2D eigenvalue weighted by Gasteiger charge is -2.19. The average Bonchev–Trinajstić information content (AvgIpc) is 2.88. The first-order chi connectivity index (χ1) is 7.34. The van der Waals surface area contributed by atoms with E-state index in [0.717, 1.165) is 31.7 Å². The van der Waals surface area contributed by atoms with Crippen molar-refractivity contribution in [1.82, 2.24) is 5.32 Å². The Morgan fingerprint density at radius 1 is 1.13 bits per heavy atom. The van der Waals surface area contributed by atoms with E-state index in [9.17, 15) is 5.11 Å². The number of anilines is 1. The Bertz CT molecular complexity index is 383. The lowest BCUT2D eigenvalue weighted by atomic mass is 10.1. The van der Waals surface area contributed by atoms with Gasteiger partial charge in [0.1, 0.15) is 5.75 Å². The molecule has 0 spiro atoms. The summed E-state index contributed by atoms with van der Waals surface area (Å²) >= 11 is 0. The fourth-order valence-electron chi connectivity index (χ4n) is 2.54. The number of hydrogen-bond acceptors (Lipinski definition) is 3. The molecule has 3 rings (SSSR count). The van der Waals surface area contributed by atoms with Crippen molar-refractivity contribution in [3.63, 3.8) is 0 Å². The Labute approximate surface area is 89.7 Å². The number of phenolic OH excluding ortho intramolecular Hbond substituents is 1. The van der Waals surface area contributed by atoms with Crippen LogP contribution in [0.25, 0.3) is 0 Å². The molecule has 1 fully saturated rings. The highest BCUT2D eigenvalue weighted by Crippen LogP contribution is 2.32. The van der Waals surface area contributed by atoms with Gasteiger partial charge in [0.25, 0.3) is 0 Å². The van der Waals surface area contributed by atoms with Crippen LogP contribution >= 0.6 is 0 Å². The van der Waals surface area contributed by atoms with Gasteiger partial charge in [-0.2, -0.15) is 0 Å². The molecular formula is C12H16N2O. The third-order valence-electron chi connectivity index (χ3n) is 3.39. The van der Waals surface area contributed by atoms with Crippen molar-refractivity contribution in [1.29, 1.82) is 0 Å². The molecule has 2 N–H and O–H groups in total. The summed E-state index contributed by atoms with van der Waals surface area (Å²) in [5, 5.41) is 13.2. The van der Waals surface area contributed by atoms with Gasteiger partial charge >= 0.3 is 0 Å². The maximum absolute atomic E-state index is 9.91. The van der Waals surface area contributed by atoms with Crippen LogP contribution in [0.1, 0.15) is 24.0 Å². The molecule has 1 aromatic rings. The second kappa shape index (κ2) is 3.42. The molecule has 15 heavy (non-hydrogen) atoms. The van der Waals surface area contributed by atoms with Gasteiger partial charge < -0.3 is 15.3 Å². The van der Waals surface area contributed by atoms with Crippen LogP contribution in [-0.4, -0.2) is 18.2 Å². The molecule has 3 heteroatoms. The van der Waals surface area contributed by atoms with Crippen molar-refractivity contribution in [3.05, 3.63) is 23.3 Å². The minimum absolute atomic E-state index is 0.458. The molecule has 0 aliphatic carbocycles. The molecule has 1 aromatic carbocycles. The maximum atomic E-state index is 9.91. The third-order valence-corrected chi connectivity index (χ3v) is 3.39. The smallest absolute Gasteiger partial charge is 0.122 e. The summed E-state index contributed by atoms with van der Waals surface area (Å²) in [6.07, 6.45) is 2.55. The molecule has 0 amide bonds. The molecule has 0 saturated carbocycles. The zero-order valence-electron chi connectivity index (χ0n) is 8.79. The van der Waals surface area contributed by atoms with Gasteiger partial charge in [0, 0.05) is 43.5 Å². The number of fused-ring (bicyclic) bond motifs is 1. The van der Waals surface area contributed by atoms with Crippen molar-refractivity contribution < 1.29 is 5.11 Å². The molecule has 2 aliphatic rings. The predicted molar refractivity (Wildman–Crippen MR) is 60.1 cm³/mol. The summed E-state index contributed by atoms with van der Waals surface area (Å²) in [4.78, 5) is 2.36. The van der Waals surface area contributed by atoms with Gasteiger partial charge in [0.15, 0.2) is 0 Å². The maximum Gasteiger partial charge on any atom is 0.122 e. The summed E-state index contributed by atoms with van der Waals surface area (Å²) in [5.41, 5.74) is 3.53. The monoisotopic (exact) mass is 204 g/mol. The zero-order valence-corrected chi connectivity index (χ0v) is 8.79. The van der Waals surface area contributed by atoms with Crippen molar-refractivity contribution in [2.24, 2.45) is 0 Å². The second-order valence-electron chi connectivity index (χ2n) is 4.40. The van der Waals surface area contributed by atoms with Crippen LogP contribution in [0.2, 0.25) is 0 Å². The highest BCUT2D eigenvalue weighted by molar-refractivity contribution is 5.58. The fraction of sp³-hybridized carbons (Fsp3) is 0.500. The van der Waals surface area contributed by atoms with Gasteiger partial charge in [-0.1, -0.05) is 0 Å². The molecule has 0 bridgehead atoms. The van der Waals surface area contributed by atoms with Crippen LogP contribution in [-0.2, 0) is 13.1 Å². The van der Waals surface area contributed by atoms with Crippen LogP contribution in [0.4, 0.5) is 5.69 Å². The molecular weight excluding hydrogens is 188 g/mol. The SMILES string of the molecule is Oc1cc(N2CCCC2)cc2c1CNC2. The van der Waals surface area contributed by atoms with Gasteiger partial charge in [0.2, 0.25) is 0 Å². The minimum atomic E-state index is 0.458. The molecule has 80 valence electrons. The first-order valence-corrected chi connectivity index (χ1v) is 5.65. The summed E-state index contributed by atoms with van der Waals surface area (Å²) in [6.45, 7) is 3.96. The normalized spacial score (nSPS) is 19.6. The van der Waals surface area contributed by atoms with Crippen molar-refractivity contribution in [3.8, 4) is 5.75 Å². The van der Waals surface area contributed by atoms with Crippen molar-refractivity contribution in [2.45, 2.75) is 25.9 Å². The summed E-state index contributed by atoms with van der Waals surface area (Å²) < 4.78 is 0. The van der Waals surface area contributed by atoms with Gasteiger partial charge in [-0.25, -0.2) is 0 Å². The van der Waals surface area contributed by atoms with Crippen LogP contribution in [0, 0.1) is 0 Å². The molecule has 0 radical (unpaired) electrons. The summed E-state index contributed by atoms with van der Waals surface area (Å²) in [7, 11) is 0. The number of nitrogens with zero attached hydrogens (tertiary/aromatic N) is 1. The Morgan fingerprint density at radius 3 is 2.73 bits per heavy atom. The average molecular weight is 204 g/mol. The molecule has 0 unspecified atom stereocenters. The molecule has 3 nitrogen and oxygen atoms in total. The Morgan fingerprint density at radius 2 is 1.93 bits per heavy atom. The van der Waals surface area contributed by atoms with Crippen LogP contribution < -0.4 is 10.2 Å². The number of nitrogens with one attached hydrogen (secondary N) is 1. The Balaban J connectivity index is 1.99. The van der Waals surface area contributed by atoms with Crippen molar-refractivity contribution in [2.75, 3.05) is 18.0 Å². The standard InChI is InChI=1S/C12H16N2O/c15-12-6-10(14-3-1-2-4-14)5-9-7-13-8-11(9)12/h5-6,13,15H,1-4,7-8H2. The lowest BCUT2D eigenvalue weighted by molar-refractivity contribution is 0.468. The van der Waals surface area contributed by atoms with Crippen LogP contribution in [0.15, 0.2) is 12.1 Å². The molecule has 1 saturated heterocycles. The number of hydrogen-bond donors (Lipinski definition) is 2. The minimum Gasteiger partial charge on any atom is -0.508 e. The predicted octanol–water partition coefficient (Wildman–Crippen LogP) is 1.60. The fourth-order valence-corrected chi connectivity index (χ4v) is 2.54. The first-order valence-electron chi connectivity index (χ1n) is 5.65. The topological polar surface area (TPSA) is 35.5 Å². The summed E-state index contributed by atoms with van der Waals surface area (Å²) in [5.74, 6) is 0.458. The highest BCUT2D eigenvalue weighted by Gasteiger charge is 2.19. The zero-order chi connectivity index (χ0) is 10.3. The quantitative estimate of drug-likeness (QED) is 0.729. The van der Waals surface area contributed by atoms with E-state index in [2.05, 4.69) is 16.3 Å². The largest absolute Gasteiger partial charge is 0.508 e. The highest BCUT2D eigenvalue weighted by atomic mass is 16.3. The van der Waals surface area contributed by atoms with Gasteiger partial charge in [-0.05, 0) is 24.5 Å². The van der Waals surface area contributed by atoms with Gasteiger partial charge in [-0.3, -0.25) is 0 Å².